The van der Waals surface area contributed by atoms with Crippen LogP contribution >= 0.6 is 23.1 Å². The Morgan fingerprint density at radius 2 is 1.85 bits per heavy atom. The van der Waals surface area contributed by atoms with Crippen LogP contribution in [-0.2, 0) is 11.3 Å². The third-order valence-corrected chi connectivity index (χ3v) is 7.24. The van der Waals surface area contributed by atoms with Gasteiger partial charge in [0.05, 0.1) is 17.8 Å². The summed E-state index contributed by atoms with van der Waals surface area (Å²) < 4.78 is 2.23. The molecule has 3 heterocycles. The van der Waals surface area contributed by atoms with Gasteiger partial charge in [-0.15, -0.1) is 11.3 Å². The molecular formula is C25H20N4O2S2. The molecule has 0 spiro atoms. The minimum atomic E-state index is -0.153. The quantitative estimate of drug-likeness (QED) is 0.275. The lowest BCUT2D eigenvalue weighted by Crippen LogP contribution is -2.24. The van der Waals surface area contributed by atoms with E-state index in [0.717, 1.165) is 27.0 Å². The largest absolute Gasteiger partial charge is 0.325 e. The molecule has 5 rings (SSSR count). The topological polar surface area (TPSA) is 76.9 Å². The van der Waals surface area contributed by atoms with Gasteiger partial charge >= 0.3 is 0 Å². The Morgan fingerprint density at radius 1 is 1.06 bits per heavy atom. The minimum absolute atomic E-state index is 0.116. The van der Waals surface area contributed by atoms with Gasteiger partial charge in [0, 0.05) is 17.3 Å². The first-order valence-electron chi connectivity index (χ1n) is 10.4. The molecule has 164 valence electrons. The maximum atomic E-state index is 13.5. The Morgan fingerprint density at radius 3 is 2.64 bits per heavy atom. The Hall–Kier alpha value is -3.49. The SMILES string of the molecule is Cc1ccc(Cn2c(SCC(=O)Nc3ccccc3)nc3c(sc4ncccc43)c2=O)cc1. The molecule has 0 atom stereocenters. The molecule has 0 aliphatic carbocycles. The molecule has 0 fully saturated rings. The summed E-state index contributed by atoms with van der Waals surface area (Å²) in [5.41, 5.74) is 3.41. The second kappa shape index (κ2) is 9.17. The standard InChI is InChI=1S/C25H20N4O2S2/c1-16-9-11-17(12-10-16)14-29-24(31)22-21(19-8-5-13-26-23(19)33-22)28-25(29)32-15-20(30)27-18-6-3-2-4-7-18/h2-13H,14-15H2,1H3,(H,27,30). The van der Waals surface area contributed by atoms with Gasteiger partial charge in [-0.3, -0.25) is 14.2 Å². The van der Waals surface area contributed by atoms with Crippen molar-refractivity contribution in [2.75, 3.05) is 11.1 Å². The van der Waals surface area contributed by atoms with E-state index in [1.54, 1.807) is 10.8 Å². The van der Waals surface area contributed by atoms with Gasteiger partial charge in [0.1, 0.15) is 9.53 Å². The molecule has 6 nitrogen and oxygen atoms in total. The second-order valence-electron chi connectivity index (χ2n) is 7.61. The molecule has 2 aromatic carbocycles. The smallest absolute Gasteiger partial charge is 0.272 e. The predicted octanol–water partition coefficient (Wildman–Crippen LogP) is 5.09. The van der Waals surface area contributed by atoms with E-state index in [4.69, 9.17) is 4.98 Å². The lowest BCUT2D eigenvalue weighted by molar-refractivity contribution is -0.113. The number of fused-ring (bicyclic) bond motifs is 3. The number of pyridine rings is 1. The summed E-state index contributed by atoms with van der Waals surface area (Å²) in [5, 5.41) is 4.25. The van der Waals surface area contributed by atoms with Crippen molar-refractivity contribution in [1.82, 2.24) is 14.5 Å². The average Bonchev–Trinajstić information content (AvgIpc) is 3.21. The number of carbonyl (C=O) groups excluding carboxylic acids is 1. The number of hydrogen-bond acceptors (Lipinski definition) is 6. The molecule has 1 N–H and O–H groups in total. The summed E-state index contributed by atoms with van der Waals surface area (Å²) >= 11 is 2.62. The zero-order chi connectivity index (χ0) is 22.8. The number of anilines is 1. The van der Waals surface area contributed by atoms with Gasteiger partial charge in [-0.25, -0.2) is 9.97 Å². The summed E-state index contributed by atoms with van der Waals surface area (Å²) in [4.78, 5) is 36.1. The first kappa shape index (κ1) is 21.4. The molecule has 0 unspecified atom stereocenters. The van der Waals surface area contributed by atoms with Crippen LogP contribution in [0.2, 0.25) is 0 Å². The number of para-hydroxylation sites is 1. The van der Waals surface area contributed by atoms with Gasteiger partial charge in [-0.1, -0.05) is 59.8 Å². The predicted molar refractivity (Wildman–Crippen MR) is 135 cm³/mol. The molecule has 0 radical (unpaired) electrons. The third-order valence-electron chi connectivity index (χ3n) is 5.17. The fourth-order valence-electron chi connectivity index (χ4n) is 3.52. The van der Waals surface area contributed by atoms with Gasteiger partial charge in [-0.2, -0.15) is 0 Å². The van der Waals surface area contributed by atoms with E-state index in [1.165, 1.54) is 23.1 Å². The van der Waals surface area contributed by atoms with E-state index in [1.807, 2.05) is 73.7 Å². The molecule has 0 bridgehead atoms. The highest BCUT2D eigenvalue weighted by Gasteiger charge is 2.18. The van der Waals surface area contributed by atoms with Crippen LogP contribution in [0.5, 0.6) is 0 Å². The highest BCUT2D eigenvalue weighted by molar-refractivity contribution is 7.99. The van der Waals surface area contributed by atoms with Crippen molar-refractivity contribution in [1.29, 1.82) is 0 Å². The maximum absolute atomic E-state index is 13.5. The van der Waals surface area contributed by atoms with Crippen molar-refractivity contribution in [2.24, 2.45) is 0 Å². The van der Waals surface area contributed by atoms with E-state index in [9.17, 15) is 9.59 Å². The Labute approximate surface area is 198 Å². The van der Waals surface area contributed by atoms with Crippen molar-refractivity contribution in [3.8, 4) is 0 Å². The lowest BCUT2D eigenvalue weighted by Gasteiger charge is -2.12. The zero-order valence-corrected chi connectivity index (χ0v) is 19.5. The molecule has 0 aliphatic rings. The lowest BCUT2D eigenvalue weighted by atomic mass is 10.1. The number of nitrogens with one attached hydrogen (secondary N) is 1. The molecule has 1 amide bonds. The Kier molecular flexibility index (Phi) is 5.93. The number of carbonyl (C=O) groups is 1. The van der Waals surface area contributed by atoms with Gasteiger partial charge < -0.3 is 5.32 Å². The van der Waals surface area contributed by atoms with Crippen LogP contribution in [0, 0.1) is 6.92 Å². The monoisotopic (exact) mass is 472 g/mol. The second-order valence-corrected chi connectivity index (χ2v) is 9.55. The number of nitrogens with zero attached hydrogens (tertiary/aromatic N) is 3. The summed E-state index contributed by atoms with van der Waals surface area (Å²) in [6.07, 6.45) is 1.71. The Bertz CT molecular complexity index is 1510. The fourth-order valence-corrected chi connectivity index (χ4v) is 5.34. The molecule has 0 saturated carbocycles. The number of thioether (sulfide) groups is 1. The summed E-state index contributed by atoms with van der Waals surface area (Å²) in [7, 11) is 0. The number of rotatable bonds is 6. The van der Waals surface area contributed by atoms with Crippen molar-refractivity contribution >= 4 is 55.1 Å². The third kappa shape index (κ3) is 4.53. The van der Waals surface area contributed by atoms with E-state index < -0.39 is 0 Å². The van der Waals surface area contributed by atoms with Crippen LogP contribution in [0.15, 0.2) is 82.9 Å². The zero-order valence-electron chi connectivity index (χ0n) is 17.8. The van der Waals surface area contributed by atoms with Crippen molar-refractivity contribution in [3.05, 3.63) is 94.4 Å². The number of aromatic nitrogens is 3. The van der Waals surface area contributed by atoms with E-state index >= 15 is 0 Å². The maximum Gasteiger partial charge on any atom is 0.272 e. The van der Waals surface area contributed by atoms with Crippen molar-refractivity contribution in [3.63, 3.8) is 0 Å². The van der Waals surface area contributed by atoms with Gasteiger partial charge in [-0.05, 0) is 36.8 Å². The first-order chi connectivity index (χ1) is 16.1. The number of hydrogen-bond donors (Lipinski definition) is 1. The van der Waals surface area contributed by atoms with Gasteiger partial charge in [0.25, 0.3) is 5.56 Å². The van der Waals surface area contributed by atoms with Crippen LogP contribution in [0.3, 0.4) is 0 Å². The minimum Gasteiger partial charge on any atom is -0.325 e. The van der Waals surface area contributed by atoms with Gasteiger partial charge in [0.2, 0.25) is 5.91 Å². The summed E-state index contributed by atoms with van der Waals surface area (Å²) in [5.74, 6) is -0.0135. The molecule has 5 aromatic rings. The van der Waals surface area contributed by atoms with Crippen LogP contribution in [-0.4, -0.2) is 26.2 Å². The number of amides is 1. The number of thiophene rings is 1. The number of aryl methyl sites for hydroxylation is 1. The van der Waals surface area contributed by atoms with E-state index in [-0.39, 0.29) is 17.2 Å². The molecule has 0 saturated heterocycles. The molecular weight excluding hydrogens is 452 g/mol. The highest BCUT2D eigenvalue weighted by Crippen LogP contribution is 2.30. The molecule has 3 aromatic heterocycles. The van der Waals surface area contributed by atoms with Crippen LogP contribution in [0.1, 0.15) is 11.1 Å². The van der Waals surface area contributed by atoms with Crippen molar-refractivity contribution < 1.29 is 4.79 Å². The highest BCUT2D eigenvalue weighted by atomic mass is 32.2. The fraction of sp³-hybridized carbons (Fsp3) is 0.120. The van der Waals surface area contributed by atoms with Crippen LogP contribution in [0.25, 0.3) is 20.4 Å². The van der Waals surface area contributed by atoms with Crippen LogP contribution < -0.4 is 10.9 Å². The summed E-state index contributed by atoms with van der Waals surface area (Å²) in [6, 6.07) is 21.1. The molecule has 0 aliphatic heterocycles. The molecule has 8 heteroatoms. The first-order valence-corrected chi connectivity index (χ1v) is 12.2. The number of benzene rings is 2. The van der Waals surface area contributed by atoms with Gasteiger partial charge in [0.15, 0.2) is 5.16 Å². The molecule has 33 heavy (non-hydrogen) atoms. The Balaban J connectivity index is 1.52. The normalized spacial score (nSPS) is 11.2. The summed E-state index contributed by atoms with van der Waals surface area (Å²) in [6.45, 7) is 2.41. The van der Waals surface area contributed by atoms with E-state index in [0.29, 0.717) is 21.9 Å². The van der Waals surface area contributed by atoms with Crippen LogP contribution in [0.4, 0.5) is 5.69 Å². The average molecular weight is 473 g/mol. The van der Waals surface area contributed by atoms with E-state index in [2.05, 4.69) is 10.3 Å². The van der Waals surface area contributed by atoms with Crippen molar-refractivity contribution in [2.45, 2.75) is 18.6 Å².